The van der Waals surface area contributed by atoms with Crippen LogP contribution >= 0.6 is 0 Å². The van der Waals surface area contributed by atoms with Crippen molar-refractivity contribution in [3.63, 3.8) is 0 Å². The molecule has 0 heterocycles. The van der Waals surface area contributed by atoms with Crippen molar-refractivity contribution in [3.8, 4) is 11.5 Å². The third-order valence-corrected chi connectivity index (χ3v) is 4.43. The fraction of sp³-hybridized carbons (Fsp3) is 0.160. The third-order valence-electron chi connectivity index (χ3n) is 4.43. The molecule has 7 heteroatoms. The van der Waals surface area contributed by atoms with Crippen LogP contribution in [0, 0.1) is 0 Å². The number of benzene rings is 3. The van der Waals surface area contributed by atoms with E-state index in [4.69, 9.17) is 9.47 Å². The van der Waals surface area contributed by atoms with E-state index < -0.39 is 24.4 Å². The second-order valence-electron chi connectivity index (χ2n) is 6.87. The summed E-state index contributed by atoms with van der Waals surface area (Å²) >= 11 is 0. The van der Waals surface area contributed by atoms with Gasteiger partial charge >= 0.3 is 5.97 Å². The molecule has 0 fully saturated rings. The summed E-state index contributed by atoms with van der Waals surface area (Å²) in [5.74, 6) is -0.238. The predicted octanol–water partition coefficient (Wildman–Crippen LogP) is 3.11. The molecule has 0 radical (unpaired) electrons. The van der Waals surface area contributed by atoms with Crippen LogP contribution in [-0.4, -0.2) is 37.5 Å². The van der Waals surface area contributed by atoms with Crippen molar-refractivity contribution < 1.29 is 23.9 Å². The Balaban J connectivity index is 1.33. The summed E-state index contributed by atoms with van der Waals surface area (Å²) in [5, 5.41) is 5.15. The van der Waals surface area contributed by atoms with Gasteiger partial charge < -0.3 is 20.1 Å². The molecule has 0 atom stereocenters. The molecule has 3 aromatic rings. The van der Waals surface area contributed by atoms with Crippen LogP contribution in [0.4, 0.5) is 0 Å². The third kappa shape index (κ3) is 7.60. The van der Waals surface area contributed by atoms with Gasteiger partial charge in [-0.05, 0) is 48.4 Å². The molecular formula is C25H24N2O5. The first-order valence-corrected chi connectivity index (χ1v) is 10.2. The Bertz CT molecular complexity index is 1020. The Kier molecular flexibility index (Phi) is 8.39. The Morgan fingerprint density at radius 3 is 2.03 bits per heavy atom. The molecule has 0 saturated heterocycles. The number of hydrogen-bond donors (Lipinski definition) is 2. The van der Waals surface area contributed by atoms with Gasteiger partial charge in [-0.2, -0.15) is 0 Å². The van der Waals surface area contributed by atoms with Gasteiger partial charge in [0.1, 0.15) is 18.0 Å². The number of hydrogen-bond acceptors (Lipinski definition) is 5. The first-order valence-electron chi connectivity index (χ1n) is 10.2. The maximum atomic E-state index is 12.2. The van der Waals surface area contributed by atoms with Gasteiger partial charge in [-0.3, -0.25) is 14.4 Å². The quantitative estimate of drug-likeness (QED) is 0.480. The predicted molar refractivity (Wildman–Crippen MR) is 119 cm³/mol. The summed E-state index contributed by atoms with van der Waals surface area (Å²) in [6.45, 7) is -0.283. The highest BCUT2D eigenvalue weighted by Gasteiger charge is 2.11. The average molecular weight is 432 g/mol. The number of para-hydroxylation sites is 1. The Morgan fingerprint density at radius 1 is 0.719 bits per heavy atom. The van der Waals surface area contributed by atoms with Crippen molar-refractivity contribution in [3.05, 3.63) is 96.1 Å². The first kappa shape index (κ1) is 22.6. The normalized spacial score (nSPS) is 10.1. The van der Waals surface area contributed by atoms with Crippen LogP contribution in [0.5, 0.6) is 11.5 Å². The summed E-state index contributed by atoms with van der Waals surface area (Å²) < 4.78 is 10.6. The van der Waals surface area contributed by atoms with Gasteiger partial charge in [-0.25, -0.2) is 0 Å². The molecule has 32 heavy (non-hydrogen) atoms. The lowest BCUT2D eigenvalue weighted by molar-refractivity contribution is -0.147. The van der Waals surface area contributed by atoms with Gasteiger partial charge in [0.15, 0.2) is 6.61 Å². The molecule has 7 nitrogen and oxygen atoms in total. The van der Waals surface area contributed by atoms with E-state index in [0.29, 0.717) is 30.0 Å². The van der Waals surface area contributed by atoms with Crippen molar-refractivity contribution in [1.82, 2.24) is 10.6 Å². The van der Waals surface area contributed by atoms with Crippen LogP contribution in [0.1, 0.15) is 15.9 Å². The lowest BCUT2D eigenvalue weighted by Gasteiger charge is -2.09. The van der Waals surface area contributed by atoms with Crippen LogP contribution in [0.25, 0.3) is 0 Å². The summed E-state index contributed by atoms with van der Waals surface area (Å²) in [6.07, 6.45) is 0.686. The van der Waals surface area contributed by atoms with E-state index in [0.717, 1.165) is 5.56 Å². The number of carbonyl (C=O) groups is 3. The highest BCUT2D eigenvalue weighted by Crippen LogP contribution is 2.21. The van der Waals surface area contributed by atoms with Gasteiger partial charge in [0, 0.05) is 12.1 Å². The van der Waals surface area contributed by atoms with Crippen LogP contribution < -0.4 is 15.4 Å². The van der Waals surface area contributed by atoms with Crippen molar-refractivity contribution in [2.24, 2.45) is 0 Å². The molecule has 0 aliphatic carbocycles. The minimum Gasteiger partial charge on any atom is -0.457 e. The second kappa shape index (κ2) is 11.9. The molecule has 164 valence electrons. The van der Waals surface area contributed by atoms with Gasteiger partial charge in [-0.15, -0.1) is 0 Å². The molecule has 3 rings (SSSR count). The highest BCUT2D eigenvalue weighted by molar-refractivity contribution is 5.96. The Hall–Kier alpha value is -4.13. The molecule has 0 saturated carbocycles. The van der Waals surface area contributed by atoms with Gasteiger partial charge in [0.05, 0.1) is 0 Å². The van der Waals surface area contributed by atoms with Crippen LogP contribution in [0.2, 0.25) is 0 Å². The number of carbonyl (C=O) groups excluding carboxylic acids is 3. The van der Waals surface area contributed by atoms with E-state index in [2.05, 4.69) is 10.6 Å². The fourth-order valence-corrected chi connectivity index (χ4v) is 2.79. The maximum Gasteiger partial charge on any atom is 0.325 e. The van der Waals surface area contributed by atoms with E-state index in [1.165, 1.54) is 0 Å². The number of amides is 2. The minimum atomic E-state index is -0.694. The summed E-state index contributed by atoms with van der Waals surface area (Å²) in [6, 6.07) is 25.5. The number of esters is 1. The lowest BCUT2D eigenvalue weighted by atomic mass is 10.1. The van der Waals surface area contributed by atoms with Crippen molar-refractivity contribution in [2.45, 2.75) is 6.42 Å². The molecular weight excluding hydrogens is 408 g/mol. The molecule has 0 unspecified atom stereocenters. The monoisotopic (exact) mass is 432 g/mol. The molecule has 2 amide bonds. The van der Waals surface area contributed by atoms with E-state index in [9.17, 15) is 14.4 Å². The zero-order chi connectivity index (χ0) is 22.6. The summed E-state index contributed by atoms with van der Waals surface area (Å²) in [5.41, 5.74) is 1.48. The smallest absolute Gasteiger partial charge is 0.325 e. The van der Waals surface area contributed by atoms with Gasteiger partial charge in [0.25, 0.3) is 11.8 Å². The van der Waals surface area contributed by atoms with Crippen LogP contribution in [0.15, 0.2) is 84.9 Å². The number of ether oxygens (including phenoxy) is 2. The molecule has 2 N–H and O–H groups in total. The zero-order valence-electron chi connectivity index (χ0n) is 17.5. The minimum absolute atomic E-state index is 0.335. The molecule has 0 bridgehead atoms. The van der Waals surface area contributed by atoms with E-state index >= 15 is 0 Å². The topological polar surface area (TPSA) is 93.7 Å². The molecule has 0 spiro atoms. The fourth-order valence-electron chi connectivity index (χ4n) is 2.79. The standard InChI is InChI=1S/C25H24N2O5/c28-23(26-16-15-19-7-3-1-4-8-19)18-31-24(29)17-27-25(30)20-11-13-22(14-12-20)32-21-9-5-2-6-10-21/h1-14H,15-18H2,(H,26,28)(H,27,30). The highest BCUT2D eigenvalue weighted by atomic mass is 16.5. The first-order chi connectivity index (χ1) is 15.6. The second-order valence-corrected chi connectivity index (χ2v) is 6.87. The van der Waals surface area contributed by atoms with Gasteiger partial charge in [-0.1, -0.05) is 48.5 Å². The number of rotatable bonds is 10. The molecule has 0 aromatic heterocycles. The Labute approximate surface area is 186 Å². The van der Waals surface area contributed by atoms with E-state index in [-0.39, 0.29) is 6.54 Å². The molecule has 3 aromatic carbocycles. The van der Waals surface area contributed by atoms with E-state index in [1.807, 2.05) is 60.7 Å². The molecule has 0 aliphatic rings. The average Bonchev–Trinajstić information content (AvgIpc) is 2.83. The van der Waals surface area contributed by atoms with Crippen molar-refractivity contribution in [2.75, 3.05) is 19.7 Å². The summed E-state index contributed by atoms with van der Waals surface area (Å²) in [4.78, 5) is 35.8. The number of nitrogens with one attached hydrogen (secondary N) is 2. The largest absolute Gasteiger partial charge is 0.457 e. The van der Waals surface area contributed by atoms with E-state index in [1.54, 1.807) is 24.3 Å². The summed E-state index contributed by atoms with van der Waals surface area (Å²) in [7, 11) is 0. The van der Waals surface area contributed by atoms with Crippen LogP contribution in [0.3, 0.4) is 0 Å². The maximum absolute atomic E-state index is 12.2. The van der Waals surface area contributed by atoms with Crippen molar-refractivity contribution in [1.29, 1.82) is 0 Å². The molecule has 0 aliphatic heterocycles. The SMILES string of the molecule is O=C(COC(=O)CNC(=O)c1ccc(Oc2ccccc2)cc1)NCCc1ccccc1. The van der Waals surface area contributed by atoms with Gasteiger partial charge in [0.2, 0.25) is 0 Å². The van der Waals surface area contributed by atoms with Crippen molar-refractivity contribution >= 4 is 17.8 Å². The lowest BCUT2D eigenvalue weighted by Crippen LogP contribution is -2.34. The zero-order valence-corrected chi connectivity index (χ0v) is 17.5. The van der Waals surface area contributed by atoms with Crippen LogP contribution in [-0.2, 0) is 20.7 Å². The Morgan fingerprint density at radius 2 is 1.34 bits per heavy atom.